The number of rotatable bonds is 1. The highest BCUT2D eigenvalue weighted by molar-refractivity contribution is 6.26. The van der Waals surface area contributed by atoms with Crippen molar-refractivity contribution >= 4 is 23.3 Å². The molecule has 0 fully saturated rings. The van der Waals surface area contributed by atoms with E-state index in [1.165, 1.54) is 6.92 Å². The van der Waals surface area contributed by atoms with Gasteiger partial charge < -0.3 is 5.32 Å². The zero-order valence-electron chi connectivity index (χ0n) is 9.86. The average Bonchev–Trinajstić information content (AvgIpc) is 2.72. The molecule has 1 N–H and O–H groups in total. The van der Waals surface area contributed by atoms with Gasteiger partial charge in [-0.2, -0.15) is 0 Å². The first kappa shape index (κ1) is 10.7. The second-order valence-corrected chi connectivity index (χ2v) is 4.32. The van der Waals surface area contributed by atoms with Gasteiger partial charge in [-0.1, -0.05) is 30.3 Å². The minimum Gasteiger partial charge on any atom is -0.323 e. The molecule has 0 radical (unpaired) electrons. The van der Waals surface area contributed by atoms with Gasteiger partial charge in [-0.15, -0.1) is 0 Å². The number of carbonyl (C=O) groups excluding carboxylic acids is 2. The molecule has 18 heavy (non-hydrogen) atoms. The Morgan fingerprint density at radius 1 is 1.11 bits per heavy atom. The Morgan fingerprint density at radius 2 is 1.89 bits per heavy atom. The predicted molar refractivity (Wildman–Crippen MR) is 69.3 cm³/mol. The summed E-state index contributed by atoms with van der Waals surface area (Å²) in [6.45, 7) is 1.39. The summed E-state index contributed by atoms with van der Waals surface area (Å²) >= 11 is 0. The first-order chi connectivity index (χ1) is 8.66. The van der Waals surface area contributed by atoms with Crippen molar-refractivity contribution in [3.63, 3.8) is 0 Å². The number of hydrogen-bond acceptors (Lipinski definition) is 2. The van der Waals surface area contributed by atoms with Crippen molar-refractivity contribution in [2.75, 3.05) is 0 Å². The van der Waals surface area contributed by atoms with Gasteiger partial charge in [-0.25, -0.2) is 0 Å². The molecule has 3 heteroatoms. The summed E-state index contributed by atoms with van der Waals surface area (Å²) < 4.78 is 0. The van der Waals surface area contributed by atoms with Crippen molar-refractivity contribution in [3.05, 3.63) is 58.8 Å². The molecule has 0 saturated heterocycles. The summed E-state index contributed by atoms with van der Waals surface area (Å²) in [5.41, 5.74) is 4.04. The van der Waals surface area contributed by atoms with Crippen LogP contribution in [0.25, 0.3) is 11.6 Å². The predicted octanol–water partition coefficient (Wildman–Crippen LogP) is 2.07. The molecule has 0 spiro atoms. The van der Waals surface area contributed by atoms with Crippen LogP contribution in [0.5, 0.6) is 0 Å². The Hall–Kier alpha value is -2.42. The molecule has 3 rings (SSSR count). The van der Waals surface area contributed by atoms with E-state index in [0.29, 0.717) is 11.3 Å². The molecule has 2 aliphatic carbocycles. The van der Waals surface area contributed by atoms with Crippen molar-refractivity contribution in [1.29, 1.82) is 0 Å². The van der Waals surface area contributed by atoms with E-state index in [-0.39, 0.29) is 11.7 Å². The highest BCUT2D eigenvalue weighted by atomic mass is 16.2. The van der Waals surface area contributed by atoms with Crippen molar-refractivity contribution in [2.24, 2.45) is 0 Å². The number of nitrogens with one attached hydrogen (secondary N) is 1. The van der Waals surface area contributed by atoms with Gasteiger partial charge in [0.25, 0.3) is 0 Å². The van der Waals surface area contributed by atoms with E-state index in [0.717, 1.165) is 16.7 Å². The Labute approximate surface area is 105 Å². The fraction of sp³-hybridized carbons (Fsp3) is 0.0667. The second-order valence-electron chi connectivity index (χ2n) is 4.32. The van der Waals surface area contributed by atoms with E-state index in [2.05, 4.69) is 5.32 Å². The quantitative estimate of drug-likeness (QED) is 0.812. The molecule has 88 valence electrons. The van der Waals surface area contributed by atoms with Crippen molar-refractivity contribution < 1.29 is 9.59 Å². The van der Waals surface area contributed by atoms with E-state index in [1.54, 1.807) is 6.08 Å². The first-order valence-electron chi connectivity index (χ1n) is 5.72. The van der Waals surface area contributed by atoms with Gasteiger partial charge in [0, 0.05) is 12.5 Å². The molecule has 2 aliphatic rings. The standard InChI is InChI=1S/C15H11NO2/c1-9(17)16-14-7-6-12-11-5-3-2-4-10(11)8-13(12)15(14)18/h2-8H,1H3,(H,16,17). The number of allylic oxidation sites excluding steroid dienone is 4. The lowest BCUT2D eigenvalue weighted by Gasteiger charge is -2.13. The smallest absolute Gasteiger partial charge is 0.221 e. The van der Waals surface area contributed by atoms with Crippen LogP contribution in [0.4, 0.5) is 0 Å². The second kappa shape index (κ2) is 3.81. The lowest BCUT2D eigenvalue weighted by molar-refractivity contribution is -0.120. The SMILES string of the molecule is CC(=O)NC1=CC=C2C(=Cc3ccccc32)C1=O. The Balaban J connectivity index is 2.07. The first-order valence-corrected chi connectivity index (χ1v) is 5.72. The minimum absolute atomic E-state index is 0.126. The number of carbonyl (C=O) groups is 2. The van der Waals surface area contributed by atoms with Crippen LogP contribution in [0.3, 0.4) is 0 Å². The summed E-state index contributed by atoms with van der Waals surface area (Å²) in [6.07, 6.45) is 5.42. The third-order valence-electron chi connectivity index (χ3n) is 3.06. The highest BCUT2D eigenvalue weighted by Crippen LogP contribution is 2.38. The molecule has 0 bridgehead atoms. The van der Waals surface area contributed by atoms with Crippen LogP contribution in [-0.2, 0) is 9.59 Å². The summed E-state index contributed by atoms with van der Waals surface area (Å²) in [6, 6.07) is 7.87. The van der Waals surface area contributed by atoms with Crippen molar-refractivity contribution in [1.82, 2.24) is 5.32 Å². The van der Waals surface area contributed by atoms with Crippen LogP contribution in [0.1, 0.15) is 18.1 Å². The van der Waals surface area contributed by atoms with Gasteiger partial charge in [0.2, 0.25) is 11.7 Å². The molecule has 0 heterocycles. The maximum Gasteiger partial charge on any atom is 0.221 e. The van der Waals surface area contributed by atoms with Crippen LogP contribution in [0, 0.1) is 0 Å². The number of amides is 1. The lowest BCUT2D eigenvalue weighted by atomic mass is 9.94. The molecule has 0 aromatic heterocycles. The lowest BCUT2D eigenvalue weighted by Crippen LogP contribution is -2.27. The zero-order valence-corrected chi connectivity index (χ0v) is 9.86. The number of fused-ring (bicyclic) bond motifs is 3. The zero-order chi connectivity index (χ0) is 12.7. The number of benzene rings is 1. The Kier molecular flexibility index (Phi) is 2.27. The molecular formula is C15H11NO2. The van der Waals surface area contributed by atoms with Crippen LogP contribution < -0.4 is 5.32 Å². The normalized spacial score (nSPS) is 16.3. The monoisotopic (exact) mass is 237 g/mol. The van der Waals surface area contributed by atoms with E-state index >= 15 is 0 Å². The number of Topliss-reactive ketones (excluding diaryl/α,β-unsaturated/α-hetero) is 1. The molecule has 3 nitrogen and oxygen atoms in total. The summed E-state index contributed by atoms with van der Waals surface area (Å²) in [4.78, 5) is 23.2. The van der Waals surface area contributed by atoms with Gasteiger partial charge in [0.05, 0.1) is 5.70 Å². The largest absolute Gasteiger partial charge is 0.323 e. The molecule has 1 aromatic rings. The van der Waals surface area contributed by atoms with Crippen LogP contribution in [-0.4, -0.2) is 11.7 Å². The van der Waals surface area contributed by atoms with Gasteiger partial charge in [0.1, 0.15) is 0 Å². The van der Waals surface area contributed by atoms with Gasteiger partial charge in [-0.3, -0.25) is 9.59 Å². The van der Waals surface area contributed by atoms with Crippen molar-refractivity contribution in [3.8, 4) is 0 Å². The molecule has 0 aliphatic heterocycles. The van der Waals surface area contributed by atoms with E-state index < -0.39 is 0 Å². The molecule has 0 unspecified atom stereocenters. The van der Waals surface area contributed by atoms with E-state index in [4.69, 9.17) is 0 Å². The van der Waals surface area contributed by atoms with Gasteiger partial charge in [-0.05, 0) is 28.9 Å². The number of ketones is 1. The van der Waals surface area contributed by atoms with Gasteiger partial charge >= 0.3 is 0 Å². The van der Waals surface area contributed by atoms with Gasteiger partial charge in [0.15, 0.2) is 0 Å². The number of hydrogen-bond donors (Lipinski definition) is 1. The van der Waals surface area contributed by atoms with Crippen LogP contribution >= 0.6 is 0 Å². The molecule has 1 aromatic carbocycles. The van der Waals surface area contributed by atoms with Crippen LogP contribution in [0.2, 0.25) is 0 Å². The molecular weight excluding hydrogens is 226 g/mol. The molecule has 0 saturated carbocycles. The summed E-state index contributed by atoms with van der Waals surface area (Å²) in [5.74, 6) is -0.360. The Bertz CT molecular complexity index is 663. The third-order valence-corrected chi connectivity index (χ3v) is 3.06. The minimum atomic E-state index is -0.234. The van der Waals surface area contributed by atoms with E-state index in [9.17, 15) is 9.59 Å². The summed E-state index contributed by atoms with van der Waals surface area (Å²) in [7, 11) is 0. The topological polar surface area (TPSA) is 46.2 Å². The molecule has 1 amide bonds. The maximum absolute atomic E-state index is 12.2. The Morgan fingerprint density at radius 3 is 2.67 bits per heavy atom. The highest BCUT2D eigenvalue weighted by Gasteiger charge is 2.28. The maximum atomic E-state index is 12.2. The van der Waals surface area contributed by atoms with E-state index in [1.807, 2.05) is 36.4 Å². The third kappa shape index (κ3) is 1.52. The fourth-order valence-corrected chi connectivity index (χ4v) is 2.29. The van der Waals surface area contributed by atoms with Crippen molar-refractivity contribution in [2.45, 2.75) is 6.92 Å². The molecule has 0 atom stereocenters. The fourth-order valence-electron chi connectivity index (χ4n) is 2.29. The summed E-state index contributed by atoms with van der Waals surface area (Å²) in [5, 5.41) is 2.56. The van der Waals surface area contributed by atoms with Crippen LogP contribution in [0.15, 0.2) is 47.7 Å². The average molecular weight is 237 g/mol.